The molecule has 1 amide bonds. The molecular formula is C35H42N2O8. The third-order valence-electron chi connectivity index (χ3n) is 8.67. The van der Waals surface area contributed by atoms with Crippen LogP contribution in [-0.2, 0) is 45.2 Å². The van der Waals surface area contributed by atoms with Crippen LogP contribution in [0.2, 0.25) is 0 Å². The van der Waals surface area contributed by atoms with Crippen LogP contribution in [0.3, 0.4) is 0 Å². The number of hydrogen-bond donors (Lipinski definition) is 3. The number of ether oxygens (including phenoxy) is 4. The van der Waals surface area contributed by atoms with Crippen molar-refractivity contribution in [2.45, 2.75) is 64.4 Å². The number of fused-ring (bicyclic) bond motifs is 1. The highest BCUT2D eigenvalue weighted by atomic mass is 16.7. The molecule has 3 N–H and O–H groups in total. The summed E-state index contributed by atoms with van der Waals surface area (Å²) in [6.45, 7) is 4.83. The molecule has 2 aliphatic rings. The fraction of sp³-hybridized carbons (Fsp3) is 0.429. The Morgan fingerprint density at radius 3 is 2.20 bits per heavy atom. The van der Waals surface area contributed by atoms with Gasteiger partial charge in [-0.1, -0.05) is 55.5 Å². The van der Waals surface area contributed by atoms with Gasteiger partial charge in [-0.15, -0.1) is 0 Å². The second-order valence-corrected chi connectivity index (χ2v) is 11.7. The van der Waals surface area contributed by atoms with E-state index in [2.05, 4.69) is 29.3 Å². The fourth-order valence-electron chi connectivity index (χ4n) is 5.98. The molecule has 0 radical (unpaired) electrons. The van der Waals surface area contributed by atoms with E-state index < -0.39 is 12.3 Å². The number of aliphatic carboxylic acids is 1. The summed E-state index contributed by atoms with van der Waals surface area (Å²) in [6.07, 6.45) is -0.303. The number of hydrogen-bond acceptors (Lipinski definition) is 8. The minimum atomic E-state index is -0.997. The zero-order chi connectivity index (χ0) is 31.9. The summed E-state index contributed by atoms with van der Waals surface area (Å²) in [7, 11) is 3.31. The molecule has 0 saturated carbocycles. The van der Waals surface area contributed by atoms with Gasteiger partial charge in [0.1, 0.15) is 0 Å². The fourth-order valence-corrected chi connectivity index (χ4v) is 5.98. The van der Waals surface area contributed by atoms with Crippen LogP contribution in [0.5, 0.6) is 11.5 Å². The van der Waals surface area contributed by atoms with Gasteiger partial charge in [-0.25, -0.2) is 0 Å². The van der Waals surface area contributed by atoms with Gasteiger partial charge in [0.2, 0.25) is 5.91 Å². The summed E-state index contributed by atoms with van der Waals surface area (Å²) < 4.78 is 24.4. The molecule has 1 fully saturated rings. The highest BCUT2D eigenvalue weighted by Crippen LogP contribution is 2.42. The standard InChI is InChI=1S/C35H42N2O8/c1-22-31(20-37-15-14-27-16-29(42-2)30(43-3)17-28(27)19-37)44-35(45-34(22)25-8-6-24(21-38)7-9-25)26-10-4-23(5-11-26)18-36-32(39)12-13-33(40)41/h4-11,16-17,22,31,34-35,38H,12-15,18-21H2,1-3H3,(H,36,39)(H,40,41)/t22-,31+,34+,35+/m0/s1. The molecule has 4 atom stereocenters. The quantitative estimate of drug-likeness (QED) is 0.268. The molecule has 1 saturated heterocycles. The van der Waals surface area contributed by atoms with Gasteiger partial charge in [0.25, 0.3) is 0 Å². The first-order chi connectivity index (χ1) is 21.8. The normalized spacial score (nSPS) is 21.5. The largest absolute Gasteiger partial charge is 0.493 e. The second-order valence-electron chi connectivity index (χ2n) is 11.7. The molecule has 240 valence electrons. The molecule has 3 aromatic rings. The van der Waals surface area contributed by atoms with Crippen molar-refractivity contribution in [1.29, 1.82) is 0 Å². The first-order valence-corrected chi connectivity index (χ1v) is 15.3. The van der Waals surface area contributed by atoms with Gasteiger partial charge in [-0.3, -0.25) is 14.5 Å². The lowest BCUT2D eigenvalue weighted by molar-refractivity contribution is -0.276. The summed E-state index contributed by atoms with van der Waals surface area (Å²) in [4.78, 5) is 25.1. The number of methoxy groups -OCH3 is 2. The molecule has 3 aromatic carbocycles. The van der Waals surface area contributed by atoms with Gasteiger partial charge < -0.3 is 34.5 Å². The van der Waals surface area contributed by atoms with Crippen LogP contribution >= 0.6 is 0 Å². The lowest BCUT2D eigenvalue weighted by atomic mass is 9.89. The smallest absolute Gasteiger partial charge is 0.303 e. The molecule has 2 aliphatic heterocycles. The average Bonchev–Trinajstić information content (AvgIpc) is 3.06. The Bertz CT molecular complexity index is 1460. The summed E-state index contributed by atoms with van der Waals surface area (Å²) in [5.41, 5.74) is 6.11. The van der Waals surface area contributed by atoms with Crippen molar-refractivity contribution in [3.05, 3.63) is 94.0 Å². The molecule has 10 nitrogen and oxygen atoms in total. The van der Waals surface area contributed by atoms with Crippen molar-refractivity contribution in [3.8, 4) is 11.5 Å². The van der Waals surface area contributed by atoms with Crippen LogP contribution < -0.4 is 14.8 Å². The molecule has 0 aliphatic carbocycles. The Balaban J connectivity index is 1.32. The average molecular weight is 619 g/mol. The minimum Gasteiger partial charge on any atom is -0.493 e. The third-order valence-corrected chi connectivity index (χ3v) is 8.67. The van der Waals surface area contributed by atoms with Gasteiger partial charge in [-0.2, -0.15) is 0 Å². The van der Waals surface area contributed by atoms with Crippen LogP contribution in [0.1, 0.15) is 65.5 Å². The Labute approximate surface area is 263 Å². The molecule has 0 bridgehead atoms. The van der Waals surface area contributed by atoms with Crippen molar-refractivity contribution < 1.29 is 38.7 Å². The van der Waals surface area contributed by atoms with Crippen molar-refractivity contribution in [1.82, 2.24) is 10.2 Å². The monoisotopic (exact) mass is 618 g/mol. The highest BCUT2D eigenvalue weighted by Gasteiger charge is 2.39. The van der Waals surface area contributed by atoms with E-state index in [0.29, 0.717) is 6.54 Å². The molecule has 45 heavy (non-hydrogen) atoms. The van der Waals surface area contributed by atoms with Crippen LogP contribution in [0.15, 0.2) is 60.7 Å². The van der Waals surface area contributed by atoms with Gasteiger partial charge in [-0.05, 0) is 46.4 Å². The summed E-state index contributed by atoms with van der Waals surface area (Å²) in [6, 6.07) is 19.7. The maximum Gasteiger partial charge on any atom is 0.303 e. The second kappa shape index (κ2) is 14.9. The van der Waals surface area contributed by atoms with E-state index in [4.69, 9.17) is 24.1 Å². The van der Waals surface area contributed by atoms with Crippen LogP contribution in [0.25, 0.3) is 0 Å². The zero-order valence-electron chi connectivity index (χ0n) is 26.0. The summed E-state index contributed by atoms with van der Waals surface area (Å²) in [5.74, 6) is 0.223. The molecule has 10 heteroatoms. The van der Waals surface area contributed by atoms with E-state index in [1.165, 1.54) is 11.1 Å². The highest BCUT2D eigenvalue weighted by molar-refractivity contribution is 5.80. The molecule has 2 heterocycles. The zero-order valence-corrected chi connectivity index (χ0v) is 26.0. The number of aliphatic hydroxyl groups is 1. The maximum absolute atomic E-state index is 12.0. The third kappa shape index (κ3) is 8.01. The lowest BCUT2D eigenvalue weighted by Crippen LogP contribution is -2.45. The number of aliphatic hydroxyl groups excluding tert-OH is 1. The molecule has 5 rings (SSSR count). The number of benzene rings is 3. The number of nitrogens with zero attached hydrogens (tertiary/aromatic N) is 1. The Morgan fingerprint density at radius 2 is 1.56 bits per heavy atom. The van der Waals surface area contributed by atoms with Crippen molar-refractivity contribution in [3.63, 3.8) is 0 Å². The van der Waals surface area contributed by atoms with E-state index in [-0.39, 0.29) is 43.5 Å². The number of carboxylic acids is 1. The van der Waals surface area contributed by atoms with Crippen molar-refractivity contribution >= 4 is 11.9 Å². The minimum absolute atomic E-state index is 0.0187. The van der Waals surface area contributed by atoms with Gasteiger partial charge in [0, 0.05) is 44.1 Å². The Morgan fingerprint density at radius 1 is 0.911 bits per heavy atom. The van der Waals surface area contributed by atoms with Crippen molar-refractivity contribution in [2.75, 3.05) is 27.3 Å². The van der Waals surface area contributed by atoms with Crippen LogP contribution in [-0.4, -0.2) is 60.4 Å². The predicted octanol–water partition coefficient (Wildman–Crippen LogP) is 4.53. The number of amides is 1. The first kappa shape index (κ1) is 32.4. The number of carboxylic acid groups (broad SMARTS) is 1. The number of nitrogens with one attached hydrogen (secondary N) is 1. The van der Waals surface area contributed by atoms with E-state index in [1.54, 1.807) is 14.2 Å². The van der Waals surface area contributed by atoms with Crippen molar-refractivity contribution in [2.24, 2.45) is 5.92 Å². The molecule has 0 spiro atoms. The number of carbonyl (C=O) groups excluding carboxylic acids is 1. The first-order valence-electron chi connectivity index (χ1n) is 15.3. The van der Waals surface area contributed by atoms with E-state index >= 15 is 0 Å². The summed E-state index contributed by atoms with van der Waals surface area (Å²) in [5, 5.41) is 21.1. The molecule has 0 unspecified atom stereocenters. The Kier molecular flexibility index (Phi) is 10.7. The van der Waals surface area contributed by atoms with E-state index in [9.17, 15) is 14.7 Å². The van der Waals surface area contributed by atoms with E-state index in [0.717, 1.165) is 59.8 Å². The molecule has 0 aromatic heterocycles. The summed E-state index contributed by atoms with van der Waals surface area (Å²) >= 11 is 0. The Hall–Kier alpha value is -3.96. The predicted molar refractivity (Wildman–Crippen MR) is 167 cm³/mol. The van der Waals surface area contributed by atoms with Gasteiger partial charge >= 0.3 is 5.97 Å². The van der Waals surface area contributed by atoms with E-state index in [1.807, 2.05) is 48.5 Å². The topological polar surface area (TPSA) is 127 Å². The van der Waals surface area contributed by atoms with Gasteiger partial charge in [0.15, 0.2) is 17.8 Å². The van der Waals surface area contributed by atoms with Crippen LogP contribution in [0.4, 0.5) is 0 Å². The van der Waals surface area contributed by atoms with Gasteiger partial charge in [0.05, 0.1) is 39.5 Å². The van der Waals surface area contributed by atoms with Crippen LogP contribution in [0, 0.1) is 5.92 Å². The number of rotatable bonds is 12. The lowest BCUT2D eigenvalue weighted by Gasteiger charge is -2.43. The molecular weight excluding hydrogens is 576 g/mol. The SMILES string of the molecule is COc1cc2c(cc1OC)CN(C[C@H]1O[C@@H](c3ccc(CNC(=O)CCC(=O)O)cc3)O[C@@H](c3ccc(CO)cc3)[C@H]1C)CC2. The number of carbonyl (C=O) groups is 2. The maximum atomic E-state index is 12.0.